The molecule has 0 aliphatic heterocycles. The molecule has 6 N–H and O–H groups in total. The molecule has 2 aliphatic carbocycles. The lowest BCUT2D eigenvalue weighted by Gasteiger charge is -2.35. The van der Waals surface area contributed by atoms with Gasteiger partial charge in [-0.05, 0) is 50.4 Å². The molecule has 2 rings (SSSR count). The summed E-state index contributed by atoms with van der Waals surface area (Å²) in [5, 5.41) is 30.1. The van der Waals surface area contributed by atoms with Gasteiger partial charge in [0.2, 0.25) is 0 Å². The van der Waals surface area contributed by atoms with Crippen LogP contribution in [0, 0.1) is 28.6 Å². The molecule has 9 heteroatoms. The molecule has 0 aromatic rings. The standard InChI is InChI=1S/C24H42N6O3/c1-16(2)28-23(22(26)33-24(27)32)29-21(25)15-30(13-18-11-9-17(3)10-12-18)14-20(31)19-7-5-4-6-8-19/h17-20,26,31H,1,4-15H2,2-3H3,(H2,27,32)(H2,25,28,29). The van der Waals surface area contributed by atoms with Gasteiger partial charge in [-0.25, -0.2) is 9.79 Å². The zero-order chi connectivity index (χ0) is 24.4. The SMILES string of the molecule is C=C(C)NC(=NC(=N)CN(CC1CCC(C)CC1)CC(O)C1CCCCC1)C(=N)OC(N)=O. The molecule has 0 spiro atoms. The molecule has 1 atom stereocenters. The van der Waals surface area contributed by atoms with Gasteiger partial charge in [-0.15, -0.1) is 0 Å². The maximum Gasteiger partial charge on any atom is 0.411 e. The maximum atomic E-state index is 11.0. The molecule has 2 fully saturated rings. The van der Waals surface area contributed by atoms with E-state index in [2.05, 4.69) is 33.4 Å². The van der Waals surface area contributed by atoms with Gasteiger partial charge in [0.25, 0.3) is 5.90 Å². The lowest BCUT2D eigenvalue weighted by atomic mass is 9.82. The highest BCUT2D eigenvalue weighted by atomic mass is 16.6. The minimum absolute atomic E-state index is 0.0107. The van der Waals surface area contributed by atoms with Crippen molar-refractivity contribution in [3.63, 3.8) is 0 Å². The molecule has 9 nitrogen and oxygen atoms in total. The van der Waals surface area contributed by atoms with Crippen molar-refractivity contribution >= 4 is 23.7 Å². The van der Waals surface area contributed by atoms with E-state index in [1.807, 2.05) is 0 Å². The van der Waals surface area contributed by atoms with Crippen molar-refractivity contribution in [2.75, 3.05) is 19.6 Å². The molecule has 0 saturated heterocycles. The van der Waals surface area contributed by atoms with Crippen LogP contribution in [-0.2, 0) is 4.74 Å². The quantitative estimate of drug-likeness (QED) is 0.276. The summed E-state index contributed by atoms with van der Waals surface area (Å²) in [7, 11) is 0. The predicted molar refractivity (Wildman–Crippen MR) is 132 cm³/mol. The number of rotatable bonds is 8. The molecule has 186 valence electrons. The fourth-order valence-electron chi connectivity index (χ4n) is 4.88. The number of aliphatic hydroxyl groups is 1. The number of amides is 1. The molecule has 0 bridgehead atoms. The first-order valence-corrected chi connectivity index (χ1v) is 12.2. The van der Waals surface area contributed by atoms with Gasteiger partial charge in [0.15, 0.2) is 5.84 Å². The number of nitrogens with two attached hydrogens (primary N) is 1. The zero-order valence-electron chi connectivity index (χ0n) is 20.2. The second-order valence-corrected chi connectivity index (χ2v) is 9.85. The highest BCUT2D eigenvalue weighted by molar-refractivity contribution is 6.40. The molecule has 2 saturated carbocycles. The highest BCUT2D eigenvalue weighted by Gasteiger charge is 2.27. The first-order chi connectivity index (χ1) is 15.6. The third-order valence-corrected chi connectivity index (χ3v) is 6.66. The number of carbonyl (C=O) groups excluding carboxylic acids is 1. The number of primary amides is 1. The maximum absolute atomic E-state index is 11.0. The summed E-state index contributed by atoms with van der Waals surface area (Å²) in [6.45, 7) is 9.25. The van der Waals surface area contributed by atoms with E-state index < -0.39 is 18.1 Å². The third-order valence-electron chi connectivity index (χ3n) is 6.66. The molecule has 1 unspecified atom stereocenters. The van der Waals surface area contributed by atoms with Gasteiger partial charge >= 0.3 is 6.09 Å². The Bertz CT molecular complexity index is 724. The molecular formula is C24H42N6O3. The fraction of sp³-hybridized carbons (Fsp3) is 0.750. The first-order valence-electron chi connectivity index (χ1n) is 12.2. The highest BCUT2D eigenvalue weighted by Crippen LogP contribution is 2.30. The van der Waals surface area contributed by atoms with Crippen LogP contribution >= 0.6 is 0 Å². The number of carbonyl (C=O) groups is 1. The van der Waals surface area contributed by atoms with Crippen molar-refractivity contribution in [2.45, 2.75) is 77.7 Å². The van der Waals surface area contributed by atoms with Crippen LogP contribution in [0.2, 0.25) is 0 Å². The van der Waals surface area contributed by atoms with Gasteiger partial charge in [-0.3, -0.25) is 15.7 Å². The molecule has 0 radical (unpaired) electrons. The van der Waals surface area contributed by atoms with Gasteiger partial charge in [0.05, 0.1) is 12.6 Å². The Hall–Kier alpha value is -2.26. The van der Waals surface area contributed by atoms with Crippen LogP contribution in [0.3, 0.4) is 0 Å². The molecular weight excluding hydrogens is 420 g/mol. The van der Waals surface area contributed by atoms with Crippen LogP contribution in [0.5, 0.6) is 0 Å². The van der Waals surface area contributed by atoms with E-state index in [9.17, 15) is 9.90 Å². The number of nitrogens with zero attached hydrogens (tertiary/aromatic N) is 2. The lowest BCUT2D eigenvalue weighted by Crippen LogP contribution is -2.43. The summed E-state index contributed by atoms with van der Waals surface area (Å²) in [4.78, 5) is 17.4. The zero-order valence-corrected chi connectivity index (χ0v) is 20.2. The fourth-order valence-corrected chi connectivity index (χ4v) is 4.88. The largest absolute Gasteiger partial charge is 0.411 e. The molecule has 33 heavy (non-hydrogen) atoms. The number of allylic oxidation sites excluding steroid dienone is 1. The van der Waals surface area contributed by atoms with E-state index in [1.165, 1.54) is 32.1 Å². The van der Waals surface area contributed by atoms with Gasteiger partial charge in [0, 0.05) is 18.8 Å². The van der Waals surface area contributed by atoms with Crippen LogP contribution in [0.15, 0.2) is 17.3 Å². The number of aliphatic imine (C=N–C) groups is 1. The molecule has 2 aliphatic rings. The Kier molecular flexibility index (Phi) is 11.0. The summed E-state index contributed by atoms with van der Waals surface area (Å²) >= 11 is 0. The summed E-state index contributed by atoms with van der Waals surface area (Å²) in [6.07, 6.45) is 8.90. The summed E-state index contributed by atoms with van der Waals surface area (Å²) in [5.41, 5.74) is 5.50. The first kappa shape index (κ1) is 27.0. The normalized spacial score (nSPS) is 23.1. The van der Waals surface area contributed by atoms with Crippen molar-refractivity contribution in [3.8, 4) is 0 Å². The number of ether oxygens (including phenoxy) is 1. The van der Waals surface area contributed by atoms with Crippen molar-refractivity contribution in [3.05, 3.63) is 12.3 Å². The number of aliphatic hydroxyl groups excluding tert-OH is 1. The number of hydrogen-bond donors (Lipinski definition) is 5. The van der Waals surface area contributed by atoms with Crippen molar-refractivity contribution in [1.29, 1.82) is 10.8 Å². The van der Waals surface area contributed by atoms with E-state index >= 15 is 0 Å². The average Bonchev–Trinajstić information content (AvgIpc) is 2.74. The minimum Gasteiger partial charge on any atom is -0.392 e. The molecule has 0 aromatic heterocycles. The predicted octanol–water partition coefficient (Wildman–Crippen LogP) is 3.63. The smallest absolute Gasteiger partial charge is 0.392 e. The minimum atomic E-state index is -1.12. The van der Waals surface area contributed by atoms with Crippen LogP contribution in [0.25, 0.3) is 0 Å². The number of nitrogens with one attached hydrogen (secondary N) is 3. The average molecular weight is 463 g/mol. The third kappa shape index (κ3) is 10.0. The van der Waals surface area contributed by atoms with E-state index in [4.69, 9.17) is 16.6 Å². The van der Waals surface area contributed by atoms with Crippen molar-refractivity contribution in [1.82, 2.24) is 10.2 Å². The van der Waals surface area contributed by atoms with E-state index in [0.717, 1.165) is 38.1 Å². The molecule has 0 aromatic carbocycles. The second kappa shape index (κ2) is 13.4. The summed E-state index contributed by atoms with van der Waals surface area (Å²) in [5.74, 6) is 0.967. The Labute approximate surface area is 197 Å². The Morgan fingerprint density at radius 2 is 1.85 bits per heavy atom. The molecule has 1 amide bonds. The van der Waals surface area contributed by atoms with E-state index in [-0.39, 0.29) is 18.2 Å². The van der Waals surface area contributed by atoms with Crippen LogP contribution in [-0.4, -0.2) is 59.4 Å². The van der Waals surface area contributed by atoms with E-state index in [1.54, 1.807) is 6.92 Å². The topological polar surface area (TPSA) is 148 Å². The Balaban J connectivity index is 2.09. The van der Waals surface area contributed by atoms with Crippen molar-refractivity contribution in [2.24, 2.45) is 28.5 Å². The Morgan fingerprint density at radius 3 is 2.42 bits per heavy atom. The second-order valence-electron chi connectivity index (χ2n) is 9.85. The number of amidine groups is 2. The van der Waals surface area contributed by atoms with Crippen LogP contribution < -0.4 is 11.1 Å². The van der Waals surface area contributed by atoms with Gasteiger partial charge in [0.1, 0.15) is 5.84 Å². The van der Waals surface area contributed by atoms with Crippen molar-refractivity contribution < 1.29 is 14.6 Å². The monoisotopic (exact) mass is 462 g/mol. The van der Waals surface area contributed by atoms with Crippen LogP contribution in [0.1, 0.15) is 71.6 Å². The van der Waals surface area contributed by atoms with Gasteiger partial charge in [-0.1, -0.05) is 45.6 Å². The van der Waals surface area contributed by atoms with Gasteiger partial charge < -0.3 is 20.9 Å². The molecule has 0 heterocycles. The summed E-state index contributed by atoms with van der Waals surface area (Å²) < 4.78 is 4.63. The summed E-state index contributed by atoms with van der Waals surface area (Å²) in [6, 6.07) is 0. The Morgan fingerprint density at radius 1 is 1.21 bits per heavy atom. The lowest BCUT2D eigenvalue weighted by molar-refractivity contribution is 0.0448. The van der Waals surface area contributed by atoms with Crippen LogP contribution in [0.4, 0.5) is 4.79 Å². The number of hydrogen-bond acceptors (Lipinski definition) is 6. The van der Waals surface area contributed by atoms with Gasteiger partial charge in [-0.2, -0.15) is 0 Å². The van der Waals surface area contributed by atoms with E-state index in [0.29, 0.717) is 24.1 Å².